The van der Waals surface area contributed by atoms with Crippen molar-refractivity contribution in [2.45, 2.75) is 24.5 Å². The van der Waals surface area contributed by atoms with Crippen molar-refractivity contribution in [2.24, 2.45) is 0 Å². The zero-order valence-electron chi connectivity index (χ0n) is 11.6. The molecule has 0 unspecified atom stereocenters. The van der Waals surface area contributed by atoms with Crippen LogP contribution in [0.15, 0.2) is 22.2 Å². The quantitative estimate of drug-likeness (QED) is 0.597. The molecular weight excluding hydrogens is 314 g/mol. The molecule has 0 radical (unpaired) electrons. The molecule has 0 saturated carbocycles. The van der Waals surface area contributed by atoms with E-state index in [1.54, 1.807) is 4.90 Å². The van der Waals surface area contributed by atoms with Gasteiger partial charge in [0, 0.05) is 24.8 Å². The van der Waals surface area contributed by atoms with Crippen LogP contribution in [0.3, 0.4) is 0 Å². The van der Waals surface area contributed by atoms with Gasteiger partial charge in [-0.05, 0) is 13.3 Å². The highest BCUT2D eigenvalue weighted by Crippen LogP contribution is 2.19. The Morgan fingerprint density at radius 1 is 1.57 bits per heavy atom. The third-order valence-electron chi connectivity index (χ3n) is 3.29. The van der Waals surface area contributed by atoms with Crippen molar-refractivity contribution in [3.8, 4) is 0 Å². The molecule has 1 atom stereocenters. The van der Waals surface area contributed by atoms with Crippen LogP contribution in [0.4, 0.5) is 0 Å². The summed E-state index contributed by atoms with van der Waals surface area (Å²) in [5.74, 6) is 0.160. The highest BCUT2D eigenvalue weighted by Gasteiger charge is 2.33. The standard InChI is InChI=1S/C12H17N3O4S2/c1-2-15(9-4-6-21(18,19)8-9)11(17)7-20-12-13-5-3-10(16)14-12/h3,5,9H,2,4,6-8H2,1H3,(H,13,14,16)/t9-/m0/s1. The van der Waals surface area contributed by atoms with E-state index in [0.717, 1.165) is 11.8 Å². The van der Waals surface area contributed by atoms with Crippen molar-refractivity contribution >= 4 is 27.5 Å². The maximum atomic E-state index is 12.2. The van der Waals surface area contributed by atoms with Gasteiger partial charge in [0.15, 0.2) is 15.0 Å². The highest BCUT2D eigenvalue weighted by atomic mass is 32.2. The third-order valence-corrected chi connectivity index (χ3v) is 5.91. The van der Waals surface area contributed by atoms with Gasteiger partial charge in [-0.2, -0.15) is 0 Å². The van der Waals surface area contributed by atoms with Crippen LogP contribution in [-0.4, -0.2) is 59.0 Å². The zero-order chi connectivity index (χ0) is 15.5. The van der Waals surface area contributed by atoms with Gasteiger partial charge in [0.05, 0.1) is 17.3 Å². The summed E-state index contributed by atoms with van der Waals surface area (Å²) < 4.78 is 23.0. The fourth-order valence-electron chi connectivity index (χ4n) is 2.30. The molecule has 1 aromatic heterocycles. The second-order valence-corrected chi connectivity index (χ2v) is 7.96. The lowest BCUT2D eigenvalue weighted by atomic mass is 10.2. The zero-order valence-corrected chi connectivity index (χ0v) is 13.2. The Morgan fingerprint density at radius 3 is 2.90 bits per heavy atom. The minimum Gasteiger partial charge on any atom is -0.338 e. The number of carbonyl (C=O) groups excluding carboxylic acids is 1. The van der Waals surface area contributed by atoms with E-state index in [9.17, 15) is 18.0 Å². The van der Waals surface area contributed by atoms with Crippen LogP contribution >= 0.6 is 11.8 Å². The lowest BCUT2D eigenvalue weighted by molar-refractivity contribution is -0.129. The molecule has 21 heavy (non-hydrogen) atoms. The number of aromatic amines is 1. The average Bonchev–Trinajstić information content (AvgIpc) is 2.77. The molecule has 0 aromatic carbocycles. The topological polar surface area (TPSA) is 100 Å². The van der Waals surface area contributed by atoms with Gasteiger partial charge in [0.1, 0.15) is 0 Å². The average molecular weight is 331 g/mol. The minimum absolute atomic E-state index is 0.0394. The predicted octanol–water partition coefficient (Wildman–Crippen LogP) is -0.102. The Kier molecular flexibility index (Phi) is 5.04. The molecular formula is C12H17N3O4S2. The summed E-state index contributed by atoms with van der Waals surface area (Å²) in [6.07, 6.45) is 1.87. The molecule has 0 bridgehead atoms. The Labute approximate surface area is 127 Å². The van der Waals surface area contributed by atoms with Crippen molar-refractivity contribution < 1.29 is 13.2 Å². The van der Waals surface area contributed by atoms with E-state index in [1.807, 2.05) is 6.92 Å². The van der Waals surface area contributed by atoms with Gasteiger partial charge in [-0.3, -0.25) is 9.59 Å². The first-order valence-corrected chi connectivity index (χ1v) is 9.40. The summed E-state index contributed by atoms with van der Waals surface area (Å²) in [4.78, 5) is 31.4. The highest BCUT2D eigenvalue weighted by molar-refractivity contribution is 7.99. The largest absolute Gasteiger partial charge is 0.338 e. The number of aromatic nitrogens is 2. The number of H-pyrrole nitrogens is 1. The van der Waals surface area contributed by atoms with Crippen molar-refractivity contribution in [1.82, 2.24) is 14.9 Å². The fourth-order valence-corrected chi connectivity index (χ4v) is 4.76. The Bertz CT molecular complexity index is 671. The van der Waals surface area contributed by atoms with Crippen LogP contribution in [0.2, 0.25) is 0 Å². The monoisotopic (exact) mass is 331 g/mol. The van der Waals surface area contributed by atoms with E-state index in [1.165, 1.54) is 12.3 Å². The van der Waals surface area contributed by atoms with Crippen LogP contribution in [0.1, 0.15) is 13.3 Å². The summed E-state index contributed by atoms with van der Waals surface area (Å²) in [6.45, 7) is 2.30. The molecule has 1 amide bonds. The van der Waals surface area contributed by atoms with Gasteiger partial charge < -0.3 is 9.88 Å². The molecule has 2 heterocycles. The first-order valence-electron chi connectivity index (χ1n) is 6.59. The maximum absolute atomic E-state index is 12.2. The molecule has 9 heteroatoms. The summed E-state index contributed by atoms with van der Waals surface area (Å²) in [7, 11) is -3.02. The van der Waals surface area contributed by atoms with Crippen molar-refractivity contribution in [3.05, 3.63) is 22.6 Å². The molecule has 7 nitrogen and oxygen atoms in total. The summed E-state index contributed by atoms with van der Waals surface area (Å²) >= 11 is 1.14. The van der Waals surface area contributed by atoms with Crippen LogP contribution in [0.25, 0.3) is 0 Å². The van der Waals surface area contributed by atoms with E-state index < -0.39 is 9.84 Å². The van der Waals surface area contributed by atoms with Gasteiger partial charge in [0.2, 0.25) is 5.91 Å². The third kappa shape index (κ3) is 4.31. The fraction of sp³-hybridized carbons (Fsp3) is 0.583. The number of hydrogen-bond donors (Lipinski definition) is 1. The molecule has 1 aliphatic rings. The molecule has 1 saturated heterocycles. The lowest BCUT2D eigenvalue weighted by Crippen LogP contribution is -2.42. The molecule has 1 aliphatic heterocycles. The molecule has 0 aliphatic carbocycles. The molecule has 2 rings (SSSR count). The minimum atomic E-state index is -3.02. The van der Waals surface area contributed by atoms with Crippen molar-refractivity contribution in [3.63, 3.8) is 0 Å². The Hall–Kier alpha value is -1.35. The number of hydrogen-bond acceptors (Lipinski definition) is 6. The first kappa shape index (κ1) is 16.0. The number of thioether (sulfide) groups is 1. The normalized spacial score (nSPS) is 20.3. The number of rotatable bonds is 5. The first-order chi connectivity index (χ1) is 9.91. The van der Waals surface area contributed by atoms with Gasteiger partial charge in [-0.25, -0.2) is 13.4 Å². The maximum Gasteiger partial charge on any atom is 0.251 e. The molecule has 1 fully saturated rings. The summed E-state index contributed by atoms with van der Waals surface area (Å²) in [5.41, 5.74) is -0.269. The van der Waals surface area contributed by atoms with Crippen LogP contribution < -0.4 is 5.56 Å². The number of nitrogens with one attached hydrogen (secondary N) is 1. The molecule has 1 N–H and O–H groups in total. The van der Waals surface area contributed by atoms with Crippen molar-refractivity contribution in [2.75, 3.05) is 23.8 Å². The molecule has 116 valence electrons. The van der Waals surface area contributed by atoms with E-state index in [2.05, 4.69) is 9.97 Å². The summed E-state index contributed by atoms with van der Waals surface area (Å²) in [6, 6.07) is 1.06. The van der Waals surface area contributed by atoms with Crippen molar-refractivity contribution in [1.29, 1.82) is 0 Å². The SMILES string of the molecule is CCN(C(=O)CSc1nccc(=O)[nH]1)[C@H]1CCS(=O)(=O)C1. The van der Waals surface area contributed by atoms with Gasteiger partial charge in [-0.1, -0.05) is 11.8 Å². The summed E-state index contributed by atoms with van der Waals surface area (Å²) in [5, 5.41) is 0.381. The second-order valence-electron chi connectivity index (χ2n) is 4.76. The van der Waals surface area contributed by atoms with E-state index in [-0.39, 0.29) is 34.8 Å². The second kappa shape index (κ2) is 6.61. The van der Waals surface area contributed by atoms with Crippen LogP contribution in [-0.2, 0) is 14.6 Å². The number of sulfone groups is 1. The van der Waals surface area contributed by atoms with E-state index in [0.29, 0.717) is 18.1 Å². The van der Waals surface area contributed by atoms with E-state index in [4.69, 9.17) is 0 Å². The van der Waals surface area contributed by atoms with Crippen LogP contribution in [0, 0.1) is 0 Å². The Morgan fingerprint density at radius 2 is 2.33 bits per heavy atom. The molecule has 1 aromatic rings. The number of amides is 1. The Balaban J connectivity index is 1.96. The van der Waals surface area contributed by atoms with Gasteiger partial charge in [-0.15, -0.1) is 0 Å². The smallest absolute Gasteiger partial charge is 0.251 e. The number of nitrogens with zero attached hydrogens (tertiary/aromatic N) is 2. The van der Waals surface area contributed by atoms with Gasteiger partial charge in [0.25, 0.3) is 5.56 Å². The predicted molar refractivity (Wildman–Crippen MR) is 80.0 cm³/mol. The lowest BCUT2D eigenvalue weighted by Gasteiger charge is -2.26. The van der Waals surface area contributed by atoms with Crippen LogP contribution in [0.5, 0.6) is 0 Å². The number of carbonyl (C=O) groups is 1. The van der Waals surface area contributed by atoms with E-state index >= 15 is 0 Å². The van der Waals surface area contributed by atoms with Gasteiger partial charge >= 0.3 is 0 Å². The molecule has 0 spiro atoms.